The zero-order valence-electron chi connectivity index (χ0n) is 17.2. The quantitative estimate of drug-likeness (QED) is 0.263. The number of hydrogen-bond donors (Lipinski definition) is 3. The van der Waals surface area contributed by atoms with Crippen molar-refractivity contribution in [2.45, 2.75) is 31.4 Å². The Morgan fingerprint density at radius 1 is 1.11 bits per heavy atom. The number of carbonyl (C=O) groups excluding carboxylic acids is 2. The Kier molecular flexibility index (Phi) is 7.26. The minimum absolute atomic E-state index is 0.0234. The van der Waals surface area contributed by atoms with Gasteiger partial charge >= 0.3 is 12.5 Å². The van der Waals surface area contributed by atoms with Gasteiger partial charge in [-0.25, -0.2) is 0 Å². The minimum atomic E-state index is -4.98. The van der Waals surface area contributed by atoms with Crippen LogP contribution in [0.15, 0.2) is 23.4 Å². The number of benzene rings is 1. The average Bonchev–Trinajstić information content (AvgIpc) is 3.33. The van der Waals surface area contributed by atoms with Gasteiger partial charge in [0, 0.05) is 5.56 Å². The lowest BCUT2D eigenvalue weighted by Crippen LogP contribution is -2.43. The molecule has 7 nitrogen and oxygen atoms in total. The van der Waals surface area contributed by atoms with Crippen LogP contribution in [0, 0.1) is 6.92 Å². The van der Waals surface area contributed by atoms with E-state index in [1.807, 2.05) is 5.32 Å². The number of aryl methyl sites for hydroxylation is 1. The number of rotatable bonds is 5. The van der Waals surface area contributed by atoms with E-state index in [-0.39, 0.29) is 37.7 Å². The molecule has 1 aliphatic rings. The third-order valence-electron chi connectivity index (χ3n) is 4.88. The first-order chi connectivity index (χ1) is 16.0. The smallest absolute Gasteiger partial charge is 0.374 e. The van der Waals surface area contributed by atoms with Crippen molar-refractivity contribution in [2.75, 3.05) is 6.54 Å². The number of aromatic amines is 1. The Balaban J connectivity index is 1.83. The topological polar surface area (TPSA) is 95.6 Å². The lowest BCUT2D eigenvalue weighted by atomic mass is 9.87. The number of nitrogens with one attached hydrogen (secondary N) is 3. The molecule has 1 atom stereocenters. The van der Waals surface area contributed by atoms with Gasteiger partial charge in [-0.3, -0.25) is 14.9 Å². The summed E-state index contributed by atoms with van der Waals surface area (Å²) in [6.45, 7) is 0.419. The van der Waals surface area contributed by atoms with Crippen LogP contribution in [-0.2, 0) is 15.2 Å². The third-order valence-corrected chi connectivity index (χ3v) is 6.08. The van der Waals surface area contributed by atoms with Crippen molar-refractivity contribution >= 4 is 52.3 Å². The SMILES string of the molecule is Cc1cc(C2=NOC(c3cc(Cl)c(Cl)c(Cl)c3)(C(F)(F)F)C2)[nH]c1C(=O)NCC(=O)NC(F)(F)F. The van der Waals surface area contributed by atoms with Crippen molar-refractivity contribution in [1.29, 1.82) is 0 Å². The Hall–Kier alpha value is -2.64. The number of oxime groups is 1. The monoisotopic (exact) mass is 564 g/mol. The van der Waals surface area contributed by atoms with Crippen molar-refractivity contribution in [3.8, 4) is 0 Å². The van der Waals surface area contributed by atoms with Gasteiger partial charge in [-0.15, -0.1) is 0 Å². The molecule has 3 N–H and O–H groups in total. The van der Waals surface area contributed by atoms with E-state index in [0.717, 1.165) is 12.1 Å². The second-order valence-electron chi connectivity index (χ2n) is 7.35. The first-order valence-corrected chi connectivity index (χ1v) is 10.5. The summed E-state index contributed by atoms with van der Waals surface area (Å²) < 4.78 is 78.9. The van der Waals surface area contributed by atoms with E-state index in [1.54, 1.807) is 0 Å². The molecule has 0 bridgehead atoms. The van der Waals surface area contributed by atoms with Gasteiger partial charge in [-0.2, -0.15) is 26.3 Å². The van der Waals surface area contributed by atoms with Crippen LogP contribution in [0.3, 0.4) is 0 Å². The second kappa shape index (κ2) is 9.43. The summed E-state index contributed by atoms with van der Waals surface area (Å²) in [5, 5.41) is 5.60. The normalized spacial score (nSPS) is 18.2. The van der Waals surface area contributed by atoms with Crippen LogP contribution in [0.1, 0.15) is 33.7 Å². The molecule has 2 heterocycles. The van der Waals surface area contributed by atoms with Gasteiger partial charge in [-0.05, 0) is 30.7 Å². The molecule has 0 saturated carbocycles. The maximum Gasteiger partial charge on any atom is 0.484 e. The average molecular weight is 566 g/mol. The number of nitrogens with zero attached hydrogens (tertiary/aromatic N) is 1. The van der Waals surface area contributed by atoms with E-state index in [4.69, 9.17) is 39.6 Å². The number of halogens is 9. The van der Waals surface area contributed by atoms with Crippen LogP contribution in [0.5, 0.6) is 0 Å². The van der Waals surface area contributed by atoms with Gasteiger partial charge in [-0.1, -0.05) is 40.0 Å². The summed E-state index contributed by atoms with van der Waals surface area (Å²) in [4.78, 5) is 30.9. The van der Waals surface area contributed by atoms with Gasteiger partial charge < -0.3 is 15.1 Å². The fourth-order valence-electron chi connectivity index (χ4n) is 3.24. The molecule has 3 rings (SSSR count). The predicted molar refractivity (Wildman–Crippen MR) is 114 cm³/mol. The van der Waals surface area contributed by atoms with Crippen molar-refractivity contribution in [3.63, 3.8) is 0 Å². The molecule has 16 heteroatoms. The minimum Gasteiger partial charge on any atom is -0.374 e. The largest absolute Gasteiger partial charge is 0.484 e. The van der Waals surface area contributed by atoms with Gasteiger partial charge in [0.1, 0.15) is 11.4 Å². The van der Waals surface area contributed by atoms with Crippen molar-refractivity contribution in [2.24, 2.45) is 5.16 Å². The molecular formula is C19H13Cl3F6N4O3. The third kappa shape index (κ3) is 5.62. The first-order valence-electron chi connectivity index (χ1n) is 9.37. The van der Waals surface area contributed by atoms with E-state index >= 15 is 0 Å². The molecule has 1 aliphatic heterocycles. The fourth-order valence-corrected chi connectivity index (χ4v) is 3.83. The molecule has 0 fully saturated rings. The summed E-state index contributed by atoms with van der Waals surface area (Å²) in [5.41, 5.74) is -3.65. The molecule has 0 spiro atoms. The van der Waals surface area contributed by atoms with Crippen LogP contribution >= 0.6 is 34.8 Å². The molecule has 1 aromatic carbocycles. The number of amides is 2. The van der Waals surface area contributed by atoms with Crippen molar-refractivity contribution in [1.82, 2.24) is 15.6 Å². The van der Waals surface area contributed by atoms with Gasteiger partial charge in [0.25, 0.3) is 11.5 Å². The van der Waals surface area contributed by atoms with Crippen molar-refractivity contribution < 1.29 is 40.8 Å². The Labute approximate surface area is 207 Å². The maximum atomic E-state index is 14.2. The highest BCUT2D eigenvalue weighted by Crippen LogP contribution is 2.50. The number of hydrogen-bond acceptors (Lipinski definition) is 4. The van der Waals surface area contributed by atoms with E-state index in [1.165, 1.54) is 13.0 Å². The predicted octanol–water partition coefficient (Wildman–Crippen LogP) is 5.23. The highest BCUT2D eigenvalue weighted by Gasteiger charge is 2.62. The second-order valence-corrected chi connectivity index (χ2v) is 8.55. The summed E-state index contributed by atoms with van der Waals surface area (Å²) in [6.07, 6.45) is -10.8. The van der Waals surface area contributed by atoms with E-state index in [0.29, 0.717) is 5.32 Å². The molecule has 2 amide bonds. The number of H-pyrrole nitrogens is 1. The summed E-state index contributed by atoms with van der Waals surface area (Å²) in [7, 11) is 0. The lowest BCUT2D eigenvalue weighted by molar-refractivity contribution is -0.275. The highest BCUT2D eigenvalue weighted by atomic mass is 35.5. The molecule has 2 aromatic rings. The fraction of sp³-hybridized carbons (Fsp3) is 0.316. The zero-order valence-corrected chi connectivity index (χ0v) is 19.5. The Bertz CT molecular complexity index is 1190. The van der Waals surface area contributed by atoms with Crippen LogP contribution in [0.2, 0.25) is 15.1 Å². The van der Waals surface area contributed by atoms with Gasteiger partial charge in [0.15, 0.2) is 0 Å². The maximum absolute atomic E-state index is 14.2. The highest BCUT2D eigenvalue weighted by molar-refractivity contribution is 6.48. The summed E-state index contributed by atoms with van der Waals surface area (Å²) in [6, 6.07) is 3.19. The standard InChI is InChI=1S/C19H13Cl3F6N4O3/c1-7-2-11(30-15(7)16(34)29-6-13(33)31-19(26,27)28)12-5-17(35-32-12,18(23,24)25)8-3-9(20)14(22)10(21)4-8/h2-4,30H,5-6H2,1H3,(H,29,34)(H,31,33). The number of alkyl halides is 6. The molecule has 0 aliphatic carbocycles. The molecule has 1 unspecified atom stereocenters. The van der Waals surface area contributed by atoms with E-state index in [2.05, 4.69) is 10.1 Å². The van der Waals surface area contributed by atoms with Gasteiger partial charge in [0.2, 0.25) is 5.91 Å². The zero-order chi connectivity index (χ0) is 26.3. The molecule has 190 valence electrons. The van der Waals surface area contributed by atoms with Crippen LogP contribution in [0.4, 0.5) is 26.3 Å². The van der Waals surface area contributed by atoms with Crippen molar-refractivity contribution in [3.05, 3.63) is 55.8 Å². The molecule has 0 saturated heterocycles. The van der Waals surface area contributed by atoms with Crippen LogP contribution in [0.25, 0.3) is 0 Å². The van der Waals surface area contributed by atoms with E-state index in [9.17, 15) is 35.9 Å². The Morgan fingerprint density at radius 2 is 1.71 bits per heavy atom. The van der Waals surface area contributed by atoms with Crippen LogP contribution < -0.4 is 10.6 Å². The van der Waals surface area contributed by atoms with E-state index < -0.39 is 48.4 Å². The van der Waals surface area contributed by atoms with Gasteiger partial charge in [0.05, 0.1) is 33.7 Å². The lowest BCUT2D eigenvalue weighted by Gasteiger charge is -2.29. The van der Waals surface area contributed by atoms with Crippen LogP contribution in [-0.4, -0.2) is 41.5 Å². The molecule has 35 heavy (non-hydrogen) atoms. The summed E-state index contributed by atoms with van der Waals surface area (Å²) >= 11 is 17.6. The number of aromatic nitrogens is 1. The molecule has 0 radical (unpaired) electrons. The summed E-state index contributed by atoms with van der Waals surface area (Å²) in [5.74, 6) is -2.48. The molecular weight excluding hydrogens is 553 g/mol. The Morgan fingerprint density at radius 3 is 2.26 bits per heavy atom. The molecule has 1 aromatic heterocycles. The first kappa shape index (κ1) is 27.0. The number of carbonyl (C=O) groups is 2.